The van der Waals surface area contributed by atoms with Crippen molar-refractivity contribution in [1.29, 1.82) is 0 Å². The van der Waals surface area contributed by atoms with Crippen molar-refractivity contribution in [3.05, 3.63) is 57.5 Å². The van der Waals surface area contributed by atoms with Crippen LogP contribution in [0.25, 0.3) is 0 Å². The van der Waals surface area contributed by atoms with E-state index in [1.54, 1.807) is 19.3 Å². The summed E-state index contributed by atoms with van der Waals surface area (Å²) in [6, 6.07) is 7.63. The summed E-state index contributed by atoms with van der Waals surface area (Å²) >= 11 is 0. The van der Waals surface area contributed by atoms with Gasteiger partial charge in [-0.2, -0.15) is 0 Å². The normalized spacial score (nSPS) is 16.4. The fraction of sp³-hybridized carbons (Fsp3) is 0.333. The zero-order chi connectivity index (χ0) is 16.6. The summed E-state index contributed by atoms with van der Waals surface area (Å²) < 4.78 is 7.26. The number of anilines is 1. The molecule has 0 saturated heterocycles. The van der Waals surface area contributed by atoms with Crippen LogP contribution in [-0.2, 0) is 18.3 Å². The Labute approximate surface area is 134 Å². The predicted molar refractivity (Wildman–Crippen MR) is 89.0 cm³/mol. The molecule has 23 heavy (non-hydrogen) atoms. The summed E-state index contributed by atoms with van der Waals surface area (Å²) in [5, 5.41) is 2.71. The Kier molecular flexibility index (Phi) is 3.94. The molecule has 2 heterocycles. The van der Waals surface area contributed by atoms with Crippen LogP contribution in [0.15, 0.2) is 35.3 Å². The monoisotopic (exact) mass is 312 g/mol. The van der Waals surface area contributed by atoms with Crippen LogP contribution in [0.1, 0.15) is 23.1 Å². The molecule has 0 bridgehead atoms. The first kappa shape index (κ1) is 15.3. The van der Waals surface area contributed by atoms with Crippen molar-refractivity contribution in [1.82, 2.24) is 4.57 Å². The molecular formula is C18H20N2O3. The van der Waals surface area contributed by atoms with E-state index in [9.17, 15) is 9.59 Å². The second-order valence-electron chi connectivity index (χ2n) is 6.09. The first-order chi connectivity index (χ1) is 10.9. The SMILES string of the molecule is Cc1ccc2c(c1)CCC(C(=O)Nc1cc(C)cn(C)c1=O)O2. The van der Waals surface area contributed by atoms with Gasteiger partial charge in [0.05, 0.1) is 0 Å². The van der Waals surface area contributed by atoms with Gasteiger partial charge >= 0.3 is 0 Å². The largest absolute Gasteiger partial charge is 0.480 e. The molecule has 2 aromatic rings. The number of benzene rings is 1. The minimum atomic E-state index is -0.574. The van der Waals surface area contributed by atoms with Gasteiger partial charge in [0.25, 0.3) is 11.5 Å². The van der Waals surface area contributed by atoms with Gasteiger partial charge in [-0.3, -0.25) is 9.59 Å². The van der Waals surface area contributed by atoms with Gasteiger partial charge in [0.15, 0.2) is 6.10 Å². The Morgan fingerprint density at radius 1 is 1.26 bits per heavy atom. The van der Waals surface area contributed by atoms with Crippen LogP contribution in [0.4, 0.5) is 5.69 Å². The highest BCUT2D eigenvalue weighted by Crippen LogP contribution is 2.28. The molecule has 0 aliphatic carbocycles. The van der Waals surface area contributed by atoms with Crippen LogP contribution >= 0.6 is 0 Å². The highest BCUT2D eigenvalue weighted by atomic mass is 16.5. The van der Waals surface area contributed by atoms with Crippen LogP contribution in [0.5, 0.6) is 5.75 Å². The Balaban J connectivity index is 1.78. The molecular weight excluding hydrogens is 292 g/mol. The van der Waals surface area contributed by atoms with Crippen molar-refractivity contribution in [2.45, 2.75) is 32.8 Å². The van der Waals surface area contributed by atoms with E-state index in [1.807, 2.05) is 26.0 Å². The van der Waals surface area contributed by atoms with Gasteiger partial charge in [0.1, 0.15) is 11.4 Å². The lowest BCUT2D eigenvalue weighted by Crippen LogP contribution is -2.37. The molecule has 5 heteroatoms. The Morgan fingerprint density at radius 3 is 2.83 bits per heavy atom. The molecule has 1 N–H and O–H groups in total. The summed E-state index contributed by atoms with van der Waals surface area (Å²) in [4.78, 5) is 24.5. The maximum atomic E-state index is 12.4. The summed E-state index contributed by atoms with van der Waals surface area (Å²) in [5.74, 6) is 0.470. The van der Waals surface area contributed by atoms with E-state index < -0.39 is 6.10 Å². The number of nitrogens with zero attached hydrogens (tertiary/aromatic N) is 1. The molecule has 0 saturated carbocycles. The highest BCUT2D eigenvalue weighted by Gasteiger charge is 2.26. The summed E-state index contributed by atoms with van der Waals surface area (Å²) in [7, 11) is 1.67. The lowest BCUT2D eigenvalue weighted by atomic mass is 10.00. The van der Waals surface area contributed by atoms with Crippen LogP contribution < -0.4 is 15.6 Å². The maximum Gasteiger partial charge on any atom is 0.274 e. The number of hydrogen-bond donors (Lipinski definition) is 1. The van der Waals surface area contributed by atoms with Gasteiger partial charge in [-0.05, 0) is 49.9 Å². The molecule has 1 amide bonds. The van der Waals surface area contributed by atoms with Gasteiger partial charge in [-0.25, -0.2) is 0 Å². The van der Waals surface area contributed by atoms with Crippen LogP contribution in [0.2, 0.25) is 0 Å². The molecule has 0 spiro atoms. The van der Waals surface area contributed by atoms with E-state index >= 15 is 0 Å². The number of nitrogens with one attached hydrogen (secondary N) is 1. The van der Waals surface area contributed by atoms with E-state index in [0.29, 0.717) is 6.42 Å². The van der Waals surface area contributed by atoms with Crippen LogP contribution in [0, 0.1) is 13.8 Å². The van der Waals surface area contributed by atoms with Gasteiger partial charge in [0.2, 0.25) is 0 Å². The standard InChI is InChI=1S/C18H20N2O3/c1-11-4-6-15-13(8-11)5-7-16(23-15)17(21)19-14-9-12(2)10-20(3)18(14)22/h4,6,8-10,16H,5,7H2,1-3H3,(H,19,21). The van der Waals surface area contributed by atoms with Crippen molar-refractivity contribution < 1.29 is 9.53 Å². The second-order valence-corrected chi connectivity index (χ2v) is 6.09. The lowest BCUT2D eigenvalue weighted by Gasteiger charge is -2.25. The number of carbonyl (C=O) groups excluding carboxylic acids is 1. The van der Waals surface area contributed by atoms with E-state index in [-0.39, 0.29) is 17.2 Å². The Bertz CT molecular complexity index is 824. The van der Waals surface area contributed by atoms with Crippen molar-refractivity contribution in [2.24, 2.45) is 7.05 Å². The molecule has 5 nitrogen and oxygen atoms in total. The quantitative estimate of drug-likeness (QED) is 0.926. The number of carbonyl (C=O) groups is 1. The predicted octanol–water partition coefficient (Wildman–Crippen LogP) is 2.33. The molecule has 120 valence electrons. The van der Waals surface area contributed by atoms with Crippen molar-refractivity contribution in [3.8, 4) is 5.75 Å². The van der Waals surface area contributed by atoms with E-state index in [1.165, 1.54) is 10.1 Å². The molecule has 1 aromatic carbocycles. The number of hydrogen-bond acceptors (Lipinski definition) is 3. The zero-order valence-corrected chi connectivity index (χ0v) is 13.6. The molecule has 0 radical (unpaired) electrons. The van der Waals surface area contributed by atoms with Crippen LogP contribution in [-0.4, -0.2) is 16.6 Å². The van der Waals surface area contributed by atoms with Gasteiger partial charge in [0, 0.05) is 13.2 Å². The van der Waals surface area contributed by atoms with Crippen molar-refractivity contribution >= 4 is 11.6 Å². The molecule has 3 rings (SSSR count). The number of fused-ring (bicyclic) bond motifs is 1. The zero-order valence-electron chi connectivity index (χ0n) is 13.6. The molecule has 1 aromatic heterocycles. The highest BCUT2D eigenvalue weighted by molar-refractivity contribution is 5.94. The number of aryl methyl sites for hydroxylation is 4. The second kappa shape index (κ2) is 5.91. The fourth-order valence-corrected chi connectivity index (χ4v) is 2.89. The summed E-state index contributed by atoms with van der Waals surface area (Å²) in [6.07, 6.45) is 2.55. The third-order valence-corrected chi connectivity index (χ3v) is 4.03. The van der Waals surface area contributed by atoms with Gasteiger partial charge in [-0.1, -0.05) is 17.7 Å². The minimum absolute atomic E-state index is 0.226. The number of rotatable bonds is 2. The molecule has 1 aliphatic heterocycles. The van der Waals surface area contributed by atoms with E-state index in [0.717, 1.165) is 23.3 Å². The van der Waals surface area contributed by atoms with E-state index in [4.69, 9.17) is 4.74 Å². The smallest absolute Gasteiger partial charge is 0.274 e. The molecule has 1 unspecified atom stereocenters. The lowest BCUT2D eigenvalue weighted by molar-refractivity contribution is -0.123. The Morgan fingerprint density at radius 2 is 2.04 bits per heavy atom. The third-order valence-electron chi connectivity index (χ3n) is 4.03. The maximum absolute atomic E-state index is 12.4. The number of aromatic nitrogens is 1. The summed E-state index contributed by atoms with van der Waals surface area (Å²) in [5.41, 5.74) is 3.28. The number of amides is 1. The topological polar surface area (TPSA) is 60.3 Å². The summed E-state index contributed by atoms with van der Waals surface area (Å²) in [6.45, 7) is 3.91. The van der Waals surface area contributed by atoms with Crippen LogP contribution in [0.3, 0.4) is 0 Å². The first-order valence-electron chi connectivity index (χ1n) is 7.68. The molecule has 1 aliphatic rings. The van der Waals surface area contributed by atoms with Crippen molar-refractivity contribution in [2.75, 3.05) is 5.32 Å². The fourth-order valence-electron chi connectivity index (χ4n) is 2.89. The van der Waals surface area contributed by atoms with Gasteiger partial charge < -0.3 is 14.6 Å². The number of pyridine rings is 1. The van der Waals surface area contributed by atoms with E-state index in [2.05, 4.69) is 11.4 Å². The number of ether oxygens (including phenoxy) is 1. The van der Waals surface area contributed by atoms with Crippen molar-refractivity contribution in [3.63, 3.8) is 0 Å². The molecule has 0 fully saturated rings. The average molecular weight is 312 g/mol. The van der Waals surface area contributed by atoms with Gasteiger partial charge in [-0.15, -0.1) is 0 Å². The first-order valence-corrected chi connectivity index (χ1v) is 7.68. The molecule has 1 atom stereocenters. The Hall–Kier alpha value is -2.56. The minimum Gasteiger partial charge on any atom is -0.480 e. The third kappa shape index (κ3) is 3.13. The average Bonchev–Trinajstić information content (AvgIpc) is 2.51.